The number of rotatable bonds is 4. The van der Waals surface area contributed by atoms with Crippen molar-refractivity contribution in [3.8, 4) is 0 Å². The van der Waals surface area contributed by atoms with Crippen molar-refractivity contribution in [3.63, 3.8) is 0 Å². The van der Waals surface area contributed by atoms with E-state index in [1.54, 1.807) is 6.92 Å². The summed E-state index contributed by atoms with van der Waals surface area (Å²) in [5.74, 6) is -0.824. The van der Waals surface area contributed by atoms with Crippen LogP contribution in [0.5, 0.6) is 0 Å². The zero-order valence-corrected chi connectivity index (χ0v) is 13.3. The summed E-state index contributed by atoms with van der Waals surface area (Å²) in [4.78, 5) is 31.2. The van der Waals surface area contributed by atoms with Crippen molar-refractivity contribution in [1.29, 1.82) is 0 Å². The minimum absolute atomic E-state index is 0.00677. The molecule has 0 bridgehead atoms. The van der Waals surface area contributed by atoms with Gasteiger partial charge in [-0.25, -0.2) is 4.79 Å². The fourth-order valence-electron chi connectivity index (χ4n) is 1.74. The van der Waals surface area contributed by atoms with Crippen LogP contribution >= 0.6 is 0 Å². The van der Waals surface area contributed by atoms with Gasteiger partial charge in [0.1, 0.15) is 11.7 Å². The number of pyridine rings is 1. The van der Waals surface area contributed by atoms with Gasteiger partial charge in [-0.15, -0.1) is 0 Å². The number of nitrogens with zero attached hydrogens (tertiary/aromatic N) is 3. The second-order valence-electron chi connectivity index (χ2n) is 6.14. The van der Waals surface area contributed by atoms with Crippen molar-refractivity contribution in [2.24, 2.45) is 0 Å². The second-order valence-corrected chi connectivity index (χ2v) is 6.14. The van der Waals surface area contributed by atoms with E-state index in [9.17, 15) is 9.59 Å². The molecule has 0 aliphatic rings. The summed E-state index contributed by atoms with van der Waals surface area (Å²) in [5.41, 5.74) is -0.263. The van der Waals surface area contributed by atoms with E-state index in [1.807, 2.05) is 20.8 Å². The molecule has 8 heteroatoms. The number of carbonyl (C=O) groups excluding carboxylic acids is 1. The summed E-state index contributed by atoms with van der Waals surface area (Å²) >= 11 is 0. The van der Waals surface area contributed by atoms with Gasteiger partial charge in [0.15, 0.2) is 5.82 Å². The summed E-state index contributed by atoms with van der Waals surface area (Å²) in [5, 5.41) is 15.5. The Labute approximate surface area is 132 Å². The predicted molar refractivity (Wildman–Crippen MR) is 80.1 cm³/mol. The quantitative estimate of drug-likeness (QED) is 0.884. The van der Waals surface area contributed by atoms with Gasteiger partial charge in [0, 0.05) is 11.6 Å². The van der Waals surface area contributed by atoms with Gasteiger partial charge in [-0.05, 0) is 19.1 Å². The van der Waals surface area contributed by atoms with E-state index in [4.69, 9.17) is 9.63 Å². The third-order valence-electron chi connectivity index (χ3n) is 3.07. The highest BCUT2D eigenvalue weighted by Crippen LogP contribution is 2.20. The van der Waals surface area contributed by atoms with Gasteiger partial charge in [-0.1, -0.05) is 25.9 Å². The molecule has 0 saturated carbocycles. The lowest BCUT2D eigenvalue weighted by molar-refractivity contribution is 0.0696. The number of aromatic nitrogens is 3. The summed E-state index contributed by atoms with van der Waals surface area (Å²) in [6.07, 6.45) is 1.27. The van der Waals surface area contributed by atoms with Crippen molar-refractivity contribution in [1.82, 2.24) is 20.4 Å². The Hall–Kier alpha value is -2.77. The molecule has 1 amide bonds. The zero-order valence-electron chi connectivity index (χ0n) is 13.3. The average Bonchev–Trinajstić information content (AvgIpc) is 2.97. The molecule has 2 rings (SSSR count). The van der Waals surface area contributed by atoms with Crippen LogP contribution in [0.4, 0.5) is 0 Å². The Morgan fingerprint density at radius 2 is 2.04 bits per heavy atom. The number of aromatic carboxylic acids is 1. The summed E-state index contributed by atoms with van der Waals surface area (Å²) in [6, 6.07) is 2.00. The maximum absolute atomic E-state index is 12.2. The average molecular weight is 318 g/mol. The minimum atomic E-state index is -1.12. The molecule has 2 N–H and O–H groups in total. The highest BCUT2D eigenvalue weighted by Gasteiger charge is 2.24. The molecule has 23 heavy (non-hydrogen) atoms. The summed E-state index contributed by atoms with van der Waals surface area (Å²) < 4.78 is 5.16. The molecular formula is C15H18N4O4. The SMILES string of the molecule is CC(NC(=O)c1cc(C(=O)O)ccn1)c1nc(C(C)(C)C)no1. The molecule has 0 aliphatic carbocycles. The van der Waals surface area contributed by atoms with Crippen molar-refractivity contribution < 1.29 is 19.2 Å². The first-order valence-corrected chi connectivity index (χ1v) is 7.03. The topological polar surface area (TPSA) is 118 Å². The molecule has 0 aliphatic heterocycles. The van der Waals surface area contributed by atoms with E-state index < -0.39 is 17.9 Å². The van der Waals surface area contributed by atoms with Crippen molar-refractivity contribution in [2.45, 2.75) is 39.2 Å². The molecule has 1 unspecified atom stereocenters. The first-order chi connectivity index (χ1) is 10.7. The Balaban J connectivity index is 2.12. The Bertz CT molecular complexity index is 733. The molecule has 0 aromatic carbocycles. The highest BCUT2D eigenvalue weighted by atomic mass is 16.5. The minimum Gasteiger partial charge on any atom is -0.478 e. The van der Waals surface area contributed by atoms with Crippen LogP contribution in [0.15, 0.2) is 22.9 Å². The number of hydrogen-bond donors (Lipinski definition) is 2. The number of carbonyl (C=O) groups is 2. The van der Waals surface area contributed by atoms with Gasteiger partial charge < -0.3 is 14.9 Å². The number of nitrogens with one attached hydrogen (secondary N) is 1. The fraction of sp³-hybridized carbons (Fsp3) is 0.400. The molecule has 0 fully saturated rings. The lowest BCUT2D eigenvalue weighted by atomic mass is 9.96. The fourth-order valence-corrected chi connectivity index (χ4v) is 1.74. The van der Waals surface area contributed by atoms with Gasteiger partial charge in [0.2, 0.25) is 5.89 Å². The maximum Gasteiger partial charge on any atom is 0.335 e. The number of carboxylic acid groups (broad SMARTS) is 1. The largest absolute Gasteiger partial charge is 0.478 e. The summed E-state index contributed by atoms with van der Waals surface area (Å²) in [6.45, 7) is 7.55. The molecule has 2 aromatic rings. The van der Waals surface area contributed by atoms with Crippen molar-refractivity contribution in [3.05, 3.63) is 41.3 Å². The maximum atomic E-state index is 12.2. The zero-order chi connectivity index (χ0) is 17.2. The number of carboxylic acids is 1. The van der Waals surface area contributed by atoms with Gasteiger partial charge in [-0.3, -0.25) is 9.78 Å². The van der Waals surface area contributed by atoms with E-state index in [-0.39, 0.29) is 22.6 Å². The van der Waals surface area contributed by atoms with Crippen LogP contribution in [0, 0.1) is 0 Å². The third-order valence-corrected chi connectivity index (χ3v) is 3.07. The highest BCUT2D eigenvalue weighted by molar-refractivity contribution is 5.95. The molecule has 0 saturated heterocycles. The molecule has 2 aromatic heterocycles. The van der Waals surface area contributed by atoms with E-state index in [1.165, 1.54) is 18.3 Å². The van der Waals surface area contributed by atoms with E-state index in [2.05, 4.69) is 20.4 Å². The standard InChI is InChI=1S/C15H18N4O4/c1-8(12-18-14(19-23-12)15(2,3)4)17-11(20)10-7-9(13(21)22)5-6-16-10/h5-8H,1-4H3,(H,17,20)(H,21,22). The van der Waals surface area contributed by atoms with Crippen LogP contribution in [0.3, 0.4) is 0 Å². The van der Waals surface area contributed by atoms with Crippen LogP contribution in [0.1, 0.15) is 66.3 Å². The van der Waals surface area contributed by atoms with Crippen LogP contribution in [-0.4, -0.2) is 32.1 Å². The monoisotopic (exact) mass is 318 g/mol. The second kappa shape index (κ2) is 6.15. The lowest BCUT2D eigenvalue weighted by Gasteiger charge is -2.12. The van der Waals surface area contributed by atoms with Gasteiger partial charge >= 0.3 is 5.97 Å². The molecule has 8 nitrogen and oxygen atoms in total. The third kappa shape index (κ3) is 3.91. The van der Waals surface area contributed by atoms with E-state index in [0.29, 0.717) is 5.82 Å². The van der Waals surface area contributed by atoms with Crippen LogP contribution < -0.4 is 5.32 Å². The Morgan fingerprint density at radius 1 is 1.35 bits per heavy atom. The first-order valence-electron chi connectivity index (χ1n) is 7.03. The van der Waals surface area contributed by atoms with Gasteiger partial charge in [-0.2, -0.15) is 4.98 Å². The first kappa shape index (κ1) is 16.6. The Morgan fingerprint density at radius 3 is 2.61 bits per heavy atom. The van der Waals surface area contributed by atoms with Gasteiger partial charge in [0.25, 0.3) is 5.91 Å². The predicted octanol–water partition coefficient (Wildman–Crippen LogP) is 1.95. The lowest BCUT2D eigenvalue weighted by Crippen LogP contribution is -2.28. The molecule has 0 spiro atoms. The molecule has 2 heterocycles. The van der Waals surface area contributed by atoms with Crippen LogP contribution in [0.25, 0.3) is 0 Å². The molecule has 1 atom stereocenters. The molecular weight excluding hydrogens is 300 g/mol. The van der Waals surface area contributed by atoms with Gasteiger partial charge in [0.05, 0.1) is 5.56 Å². The Kier molecular flexibility index (Phi) is 4.44. The smallest absolute Gasteiger partial charge is 0.335 e. The molecule has 122 valence electrons. The number of amides is 1. The molecule has 0 radical (unpaired) electrons. The normalized spacial score (nSPS) is 12.7. The van der Waals surface area contributed by atoms with E-state index in [0.717, 1.165) is 0 Å². The van der Waals surface area contributed by atoms with Crippen LogP contribution in [0.2, 0.25) is 0 Å². The summed E-state index contributed by atoms with van der Waals surface area (Å²) in [7, 11) is 0. The van der Waals surface area contributed by atoms with Crippen LogP contribution in [-0.2, 0) is 5.41 Å². The van der Waals surface area contributed by atoms with Crippen molar-refractivity contribution >= 4 is 11.9 Å². The number of hydrogen-bond acceptors (Lipinski definition) is 6. The van der Waals surface area contributed by atoms with E-state index >= 15 is 0 Å². The van der Waals surface area contributed by atoms with Crippen molar-refractivity contribution in [2.75, 3.05) is 0 Å².